The van der Waals surface area contributed by atoms with E-state index >= 15 is 0 Å². The van der Waals surface area contributed by atoms with Gasteiger partial charge in [0.2, 0.25) is 0 Å². The zero-order valence-corrected chi connectivity index (χ0v) is 15.5. The van der Waals surface area contributed by atoms with Crippen LogP contribution in [0.3, 0.4) is 0 Å². The fourth-order valence-electron chi connectivity index (χ4n) is 4.44. The van der Waals surface area contributed by atoms with Crippen LogP contribution in [0.4, 0.5) is 0 Å². The summed E-state index contributed by atoms with van der Waals surface area (Å²) in [6.45, 7) is 1.90. The molecule has 2 aliphatic rings. The Morgan fingerprint density at radius 2 is 1.69 bits per heavy atom. The summed E-state index contributed by atoms with van der Waals surface area (Å²) in [5.41, 5.74) is 3.10. The molecule has 0 amide bonds. The van der Waals surface area contributed by atoms with Gasteiger partial charge in [-0.2, -0.15) is 0 Å². The summed E-state index contributed by atoms with van der Waals surface area (Å²) in [7, 11) is 0. The number of benzene rings is 2. The second kappa shape index (κ2) is 8.55. The van der Waals surface area contributed by atoms with Gasteiger partial charge < -0.3 is 4.74 Å². The Morgan fingerprint density at radius 1 is 0.923 bits per heavy atom. The highest BCUT2D eigenvalue weighted by Crippen LogP contribution is 2.35. The molecule has 2 aromatic rings. The second-order valence-corrected chi connectivity index (χ2v) is 7.60. The number of para-hydroxylation sites is 1. The van der Waals surface area contributed by atoms with Crippen molar-refractivity contribution in [1.29, 1.82) is 0 Å². The number of rotatable bonds is 7. The average molecular weight is 348 g/mol. The van der Waals surface area contributed by atoms with E-state index in [-0.39, 0.29) is 0 Å². The molecule has 0 aliphatic carbocycles. The largest absolute Gasteiger partial charge is 0.494 e. The third-order valence-corrected chi connectivity index (χ3v) is 5.72. The molecule has 4 rings (SSSR count). The zero-order valence-electron chi connectivity index (χ0n) is 15.5. The van der Waals surface area contributed by atoms with Crippen molar-refractivity contribution in [2.24, 2.45) is 0 Å². The Labute approximate surface area is 157 Å². The van der Waals surface area contributed by atoms with Crippen LogP contribution < -0.4 is 4.74 Å². The smallest absolute Gasteiger partial charge is 0.119 e. The first-order valence-electron chi connectivity index (χ1n) is 10.1. The van der Waals surface area contributed by atoms with Crippen molar-refractivity contribution in [2.75, 3.05) is 6.61 Å². The van der Waals surface area contributed by atoms with Crippen LogP contribution in [0.1, 0.15) is 44.1 Å². The van der Waals surface area contributed by atoms with Crippen LogP contribution in [0.25, 0.3) is 0 Å². The molecule has 136 valence electrons. The minimum atomic E-state index is 0.632. The van der Waals surface area contributed by atoms with E-state index in [0.717, 1.165) is 31.4 Å². The molecule has 2 aliphatic heterocycles. The van der Waals surface area contributed by atoms with E-state index in [4.69, 9.17) is 4.74 Å². The van der Waals surface area contributed by atoms with Gasteiger partial charge in [0.15, 0.2) is 0 Å². The Kier molecular flexibility index (Phi) is 5.71. The van der Waals surface area contributed by atoms with Gasteiger partial charge in [-0.1, -0.05) is 66.6 Å². The maximum atomic E-state index is 5.85. The number of piperidine rings is 1. The highest BCUT2D eigenvalue weighted by Gasteiger charge is 2.33. The Morgan fingerprint density at radius 3 is 2.46 bits per heavy atom. The zero-order chi connectivity index (χ0) is 17.6. The topological polar surface area (TPSA) is 12.5 Å². The van der Waals surface area contributed by atoms with Crippen molar-refractivity contribution >= 4 is 0 Å². The molecule has 2 heteroatoms. The molecule has 1 saturated heterocycles. The summed E-state index contributed by atoms with van der Waals surface area (Å²) >= 11 is 0. The number of hydrogen-bond donors (Lipinski definition) is 0. The molecule has 2 bridgehead atoms. The molecule has 2 nitrogen and oxygen atoms in total. The highest BCUT2D eigenvalue weighted by atomic mass is 16.5. The molecular weight excluding hydrogens is 318 g/mol. The molecule has 2 heterocycles. The van der Waals surface area contributed by atoms with Gasteiger partial charge >= 0.3 is 0 Å². The first-order chi connectivity index (χ1) is 12.9. The third-order valence-electron chi connectivity index (χ3n) is 5.72. The van der Waals surface area contributed by atoms with Crippen LogP contribution in [0.15, 0.2) is 72.3 Å². The van der Waals surface area contributed by atoms with Crippen LogP contribution in [-0.4, -0.2) is 23.6 Å². The summed E-state index contributed by atoms with van der Waals surface area (Å²) in [5, 5.41) is 0. The Bertz CT molecular complexity index is 710. The Hall–Kier alpha value is -2.06. The maximum absolute atomic E-state index is 5.85. The summed E-state index contributed by atoms with van der Waals surface area (Å²) in [4.78, 5) is 2.74. The van der Waals surface area contributed by atoms with Crippen molar-refractivity contribution < 1.29 is 4.74 Å². The van der Waals surface area contributed by atoms with Gasteiger partial charge in [0.05, 0.1) is 6.61 Å². The number of hydrogen-bond acceptors (Lipinski definition) is 2. The van der Waals surface area contributed by atoms with Crippen LogP contribution in [0, 0.1) is 0 Å². The first kappa shape index (κ1) is 17.4. The lowest BCUT2D eigenvalue weighted by Crippen LogP contribution is -2.48. The molecule has 0 saturated carbocycles. The fraction of sp³-hybridized carbons (Fsp3) is 0.417. The summed E-state index contributed by atoms with van der Waals surface area (Å²) in [5.74, 6) is 0.982. The van der Waals surface area contributed by atoms with Gasteiger partial charge in [0, 0.05) is 18.6 Å². The summed E-state index contributed by atoms with van der Waals surface area (Å²) in [6, 6.07) is 22.4. The second-order valence-electron chi connectivity index (χ2n) is 7.60. The van der Waals surface area contributed by atoms with E-state index in [2.05, 4.69) is 41.3 Å². The Balaban J connectivity index is 1.31. The number of fused-ring (bicyclic) bond motifs is 2. The van der Waals surface area contributed by atoms with Crippen molar-refractivity contribution in [3.63, 3.8) is 0 Å². The quantitative estimate of drug-likeness (QED) is 0.477. The fourth-order valence-corrected chi connectivity index (χ4v) is 4.44. The van der Waals surface area contributed by atoms with Gasteiger partial charge in [-0.25, -0.2) is 0 Å². The monoisotopic (exact) mass is 347 g/mol. The minimum Gasteiger partial charge on any atom is -0.494 e. The molecule has 26 heavy (non-hydrogen) atoms. The van der Waals surface area contributed by atoms with Gasteiger partial charge in [-0.05, 0) is 49.8 Å². The van der Waals surface area contributed by atoms with Crippen LogP contribution in [-0.2, 0) is 6.54 Å². The first-order valence-corrected chi connectivity index (χ1v) is 10.1. The van der Waals surface area contributed by atoms with Crippen molar-refractivity contribution in [3.05, 3.63) is 77.9 Å². The van der Waals surface area contributed by atoms with E-state index in [1.807, 2.05) is 30.3 Å². The molecule has 0 radical (unpaired) electrons. The molecule has 0 N–H and O–H groups in total. The van der Waals surface area contributed by atoms with Crippen LogP contribution in [0.5, 0.6) is 5.75 Å². The highest BCUT2D eigenvalue weighted by molar-refractivity contribution is 5.21. The lowest BCUT2D eigenvalue weighted by Gasteiger charge is -2.45. The van der Waals surface area contributed by atoms with Gasteiger partial charge in [-0.15, -0.1) is 0 Å². The van der Waals surface area contributed by atoms with Crippen LogP contribution >= 0.6 is 0 Å². The van der Waals surface area contributed by atoms with Gasteiger partial charge in [0.25, 0.3) is 0 Å². The molecule has 0 spiro atoms. The SMILES string of the molecule is C1=C(CCCOc2ccccc2)CC2CCCC1N2Cc1ccccc1. The van der Waals surface area contributed by atoms with Gasteiger partial charge in [-0.3, -0.25) is 4.90 Å². The van der Waals surface area contributed by atoms with Crippen molar-refractivity contribution in [2.45, 2.75) is 57.2 Å². The minimum absolute atomic E-state index is 0.632. The predicted octanol–water partition coefficient (Wildman–Crippen LogP) is 5.60. The summed E-state index contributed by atoms with van der Waals surface area (Å²) in [6.07, 6.45) is 10.1. The number of nitrogens with zero attached hydrogens (tertiary/aromatic N) is 1. The molecule has 2 unspecified atom stereocenters. The lowest BCUT2D eigenvalue weighted by molar-refractivity contribution is 0.0874. The van der Waals surface area contributed by atoms with Crippen molar-refractivity contribution in [1.82, 2.24) is 4.90 Å². The third kappa shape index (κ3) is 4.37. The van der Waals surface area contributed by atoms with Crippen LogP contribution in [0.2, 0.25) is 0 Å². The molecule has 2 aromatic carbocycles. The normalized spacial score (nSPS) is 22.7. The van der Waals surface area contributed by atoms with E-state index < -0.39 is 0 Å². The van der Waals surface area contributed by atoms with E-state index in [1.165, 1.54) is 37.7 Å². The van der Waals surface area contributed by atoms with Gasteiger partial charge in [0.1, 0.15) is 5.75 Å². The predicted molar refractivity (Wildman–Crippen MR) is 107 cm³/mol. The van der Waals surface area contributed by atoms with E-state index in [1.54, 1.807) is 5.57 Å². The standard InChI is InChI=1S/C24H29NO/c1-3-9-20(10-4-1)19-25-22-12-7-13-23(25)18-21(17-22)11-8-16-26-24-14-5-2-6-15-24/h1-6,9-10,14-15,17,22-23H,7-8,11-13,16,18-19H2. The lowest BCUT2D eigenvalue weighted by atomic mass is 9.83. The van der Waals surface area contributed by atoms with Crippen molar-refractivity contribution in [3.8, 4) is 5.75 Å². The number of ether oxygens (including phenoxy) is 1. The molecule has 1 fully saturated rings. The van der Waals surface area contributed by atoms with E-state index in [9.17, 15) is 0 Å². The molecular formula is C24H29NO. The summed E-state index contributed by atoms with van der Waals surface area (Å²) < 4.78 is 5.85. The molecule has 0 aromatic heterocycles. The maximum Gasteiger partial charge on any atom is 0.119 e. The van der Waals surface area contributed by atoms with E-state index in [0.29, 0.717) is 6.04 Å². The average Bonchev–Trinajstić information content (AvgIpc) is 2.67. The molecule has 2 atom stereocenters.